The molecule has 0 spiro atoms. The number of hydrogen-bond acceptors (Lipinski definition) is 7. The molecule has 10 heteroatoms. The molecule has 0 bridgehead atoms. The monoisotopic (exact) mass is 434 g/mol. The van der Waals surface area contributed by atoms with Gasteiger partial charge in [-0.15, -0.1) is 0 Å². The molecule has 3 rings (SSSR count). The van der Waals surface area contributed by atoms with Gasteiger partial charge in [-0.1, -0.05) is 17.7 Å². The van der Waals surface area contributed by atoms with Crippen LogP contribution >= 0.6 is 11.6 Å². The minimum atomic E-state index is -1.37. The number of carboxylic acid groups (broad SMARTS) is 2. The van der Waals surface area contributed by atoms with Gasteiger partial charge in [0.1, 0.15) is 11.6 Å². The molecule has 2 heterocycles. The van der Waals surface area contributed by atoms with Crippen LogP contribution in [0.1, 0.15) is 46.4 Å². The molecule has 9 nitrogen and oxygen atoms in total. The Morgan fingerprint density at radius 1 is 1.20 bits per heavy atom. The van der Waals surface area contributed by atoms with Crippen LogP contribution in [0.3, 0.4) is 0 Å². The molecule has 0 atom stereocenters. The standard InChI is InChI=1S/C20H23ClN4O5/c1-2-30-16-9-12(3-4-14(16)21)11-25-7-5-13(6-8-25)22-17-10-15(19(26)27)23-18(24-17)20(28)29/h3-4,9-10,13H,2,5-8,11H2,1H3,(H,26,27)(H,28,29)(H,22,23,24). The highest BCUT2D eigenvalue weighted by Crippen LogP contribution is 2.27. The number of carboxylic acids is 2. The molecule has 1 aromatic carbocycles. The Labute approximate surface area is 178 Å². The van der Waals surface area contributed by atoms with Gasteiger partial charge in [0.2, 0.25) is 5.82 Å². The van der Waals surface area contributed by atoms with Gasteiger partial charge in [0.05, 0.1) is 11.6 Å². The van der Waals surface area contributed by atoms with Crippen molar-refractivity contribution in [2.75, 3.05) is 25.0 Å². The first-order valence-electron chi connectivity index (χ1n) is 9.61. The van der Waals surface area contributed by atoms with Gasteiger partial charge in [-0.25, -0.2) is 19.6 Å². The Bertz CT molecular complexity index is 899. The smallest absolute Gasteiger partial charge is 0.374 e. The van der Waals surface area contributed by atoms with Crippen molar-refractivity contribution in [3.8, 4) is 5.75 Å². The molecule has 1 saturated heterocycles. The van der Waals surface area contributed by atoms with Crippen LogP contribution in [0, 0.1) is 0 Å². The Hall–Kier alpha value is -2.91. The van der Waals surface area contributed by atoms with Gasteiger partial charge in [-0.2, -0.15) is 0 Å². The van der Waals surface area contributed by atoms with E-state index in [1.54, 1.807) is 0 Å². The number of nitrogens with zero attached hydrogens (tertiary/aromatic N) is 3. The summed E-state index contributed by atoms with van der Waals surface area (Å²) >= 11 is 6.14. The predicted molar refractivity (Wildman–Crippen MR) is 110 cm³/mol. The first-order chi connectivity index (χ1) is 14.4. The van der Waals surface area contributed by atoms with E-state index < -0.39 is 17.8 Å². The Morgan fingerprint density at radius 2 is 1.93 bits per heavy atom. The topological polar surface area (TPSA) is 125 Å². The zero-order valence-corrected chi connectivity index (χ0v) is 17.2. The lowest BCUT2D eigenvalue weighted by Gasteiger charge is -2.32. The van der Waals surface area contributed by atoms with E-state index in [2.05, 4.69) is 20.2 Å². The third kappa shape index (κ3) is 5.58. The Balaban J connectivity index is 1.59. The van der Waals surface area contributed by atoms with Gasteiger partial charge in [0.25, 0.3) is 0 Å². The molecular weight excluding hydrogens is 412 g/mol. The van der Waals surface area contributed by atoms with E-state index in [4.69, 9.17) is 26.6 Å². The number of halogens is 1. The quantitative estimate of drug-likeness (QED) is 0.574. The first-order valence-corrected chi connectivity index (χ1v) is 9.99. The van der Waals surface area contributed by atoms with Crippen LogP contribution in [0.15, 0.2) is 24.3 Å². The summed E-state index contributed by atoms with van der Waals surface area (Å²) in [6, 6.07) is 7.09. The highest BCUT2D eigenvalue weighted by Gasteiger charge is 2.22. The number of ether oxygens (including phenoxy) is 1. The number of piperidine rings is 1. The van der Waals surface area contributed by atoms with Gasteiger partial charge in [-0.05, 0) is 37.5 Å². The number of anilines is 1. The largest absolute Gasteiger partial charge is 0.492 e. The first kappa shape index (κ1) is 21.8. The third-order valence-electron chi connectivity index (χ3n) is 4.78. The van der Waals surface area contributed by atoms with Crippen molar-refractivity contribution < 1.29 is 24.5 Å². The predicted octanol–water partition coefficient (Wildman–Crippen LogP) is 3.00. The van der Waals surface area contributed by atoms with E-state index >= 15 is 0 Å². The third-order valence-corrected chi connectivity index (χ3v) is 5.09. The number of rotatable bonds is 8. The molecule has 30 heavy (non-hydrogen) atoms. The minimum absolute atomic E-state index is 0.0589. The molecule has 0 aliphatic carbocycles. The summed E-state index contributed by atoms with van der Waals surface area (Å²) < 4.78 is 5.55. The number of likely N-dealkylation sites (tertiary alicyclic amines) is 1. The van der Waals surface area contributed by atoms with Crippen molar-refractivity contribution in [3.05, 3.63) is 46.4 Å². The number of carbonyl (C=O) groups is 2. The van der Waals surface area contributed by atoms with Crippen molar-refractivity contribution in [1.82, 2.24) is 14.9 Å². The average Bonchev–Trinajstić information content (AvgIpc) is 2.72. The number of aromatic nitrogens is 2. The zero-order chi connectivity index (χ0) is 21.7. The number of hydrogen-bond donors (Lipinski definition) is 3. The second-order valence-corrected chi connectivity index (χ2v) is 7.37. The zero-order valence-electron chi connectivity index (χ0n) is 16.5. The van der Waals surface area contributed by atoms with E-state index in [0.717, 1.165) is 38.0 Å². The highest BCUT2D eigenvalue weighted by molar-refractivity contribution is 6.32. The van der Waals surface area contributed by atoms with Gasteiger partial charge in [0, 0.05) is 31.7 Å². The van der Waals surface area contributed by atoms with Crippen LogP contribution in [0.2, 0.25) is 5.02 Å². The maximum atomic E-state index is 11.2. The van der Waals surface area contributed by atoms with Crippen molar-refractivity contribution in [2.45, 2.75) is 32.4 Å². The summed E-state index contributed by atoms with van der Waals surface area (Å²) in [5, 5.41) is 22.0. The molecule has 3 N–H and O–H groups in total. The average molecular weight is 435 g/mol. The lowest BCUT2D eigenvalue weighted by molar-refractivity contribution is 0.0679. The lowest BCUT2D eigenvalue weighted by atomic mass is 10.0. The maximum Gasteiger partial charge on any atom is 0.374 e. The van der Waals surface area contributed by atoms with Crippen molar-refractivity contribution in [2.24, 2.45) is 0 Å². The Kier molecular flexibility index (Phi) is 7.07. The molecule has 1 aliphatic heterocycles. The van der Waals surface area contributed by atoms with Crippen LogP contribution < -0.4 is 10.1 Å². The molecular formula is C20H23ClN4O5. The number of nitrogens with one attached hydrogen (secondary N) is 1. The van der Waals surface area contributed by atoms with E-state index in [-0.39, 0.29) is 17.6 Å². The molecule has 2 aromatic rings. The lowest BCUT2D eigenvalue weighted by Crippen LogP contribution is -2.38. The molecule has 160 valence electrons. The number of benzene rings is 1. The van der Waals surface area contributed by atoms with E-state index in [9.17, 15) is 9.59 Å². The minimum Gasteiger partial charge on any atom is -0.492 e. The van der Waals surface area contributed by atoms with Crippen LogP contribution in [0.4, 0.5) is 5.82 Å². The van der Waals surface area contributed by atoms with Crippen LogP contribution in [-0.2, 0) is 6.54 Å². The molecule has 0 radical (unpaired) electrons. The summed E-state index contributed by atoms with van der Waals surface area (Å²) in [7, 11) is 0. The number of aromatic carboxylic acids is 2. The Morgan fingerprint density at radius 3 is 2.57 bits per heavy atom. The van der Waals surface area contributed by atoms with Crippen molar-refractivity contribution >= 4 is 29.4 Å². The van der Waals surface area contributed by atoms with Crippen LogP contribution in [0.25, 0.3) is 0 Å². The van der Waals surface area contributed by atoms with E-state index in [1.807, 2.05) is 25.1 Å². The molecule has 0 saturated carbocycles. The van der Waals surface area contributed by atoms with Crippen LogP contribution in [0.5, 0.6) is 5.75 Å². The summed E-state index contributed by atoms with van der Waals surface area (Å²) in [6.07, 6.45) is 1.61. The summed E-state index contributed by atoms with van der Waals surface area (Å²) in [5.74, 6) is -2.32. The van der Waals surface area contributed by atoms with Crippen molar-refractivity contribution in [3.63, 3.8) is 0 Å². The SMILES string of the molecule is CCOc1cc(CN2CCC(Nc3cc(C(=O)O)nc(C(=O)O)n3)CC2)ccc1Cl. The highest BCUT2D eigenvalue weighted by atomic mass is 35.5. The van der Waals surface area contributed by atoms with E-state index in [0.29, 0.717) is 17.4 Å². The second kappa shape index (κ2) is 9.73. The molecule has 0 amide bonds. The van der Waals surface area contributed by atoms with Crippen LogP contribution in [-0.4, -0.2) is 62.8 Å². The summed E-state index contributed by atoms with van der Waals surface area (Å²) in [6.45, 7) is 4.89. The van der Waals surface area contributed by atoms with E-state index in [1.165, 1.54) is 6.07 Å². The van der Waals surface area contributed by atoms with Crippen molar-refractivity contribution in [1.29, 1.82) is 0 Å². The fourth-order valence-corrected chi connectivity index (χ4v) is 3.51. The molecule has 0 unspecified atom stereocenters. The van der Waals surface area contributed by atoms with Gasteiger partial charge >= 0.3 is 11.9 Å². The fourth-order valence-electron chi connectivity index (χ4n) is 3.34. The normalized spacial score (nSPS) is 15.0. The molecule has 1 aromatic heterocycles. The van der Waals surface area contributed by atoms with Gasteiger partial charge < -0.3 is 20.3 Å². The van der Waals surface area contributed by atoms with Gasteiger partial charge in [0.15, 0.2) is 5.69 Å². The maximum absolute atomic E-state index is 11.2. The summed E-state index contributed by atoms with van der Waals surface area (Å²) in [4.78, 5) is 32.1. The summed E-state index contributed by atoms with van der Waals surface area (Å²) in [5.41, 5.74) is 0.762. The fraction of sp³-hybridized carbons (Fsp3) is 0.400. The molecule has 1 aliphatic rings. The molecule has 1 fully saturated rings. The van der Waals surface area contributed by atoms with Gasteiger partial charge in [-0.3, -0.25) is 4.90 Å². The second-order valence-electron chi connectivity index (χ2n) is 6.96.